The van der Waals surface area contributed by atoms with Crippen molar-refractivity contribution < 1.29 is 0 Å². The Morgan fingerprint density at radius 2 is 2.22 bits per heavy atom. The van der Waals surface area contributed by atoms with E-state index in [-0.39, 0.29) is 0 Å². The van der Waals surface area contributed by atoms with E-state index in [2.05, 4.69) is 13.8 Å². The Kier molecular flexibility index (Phi) is 2.38. The highest BCUT2D eigenvalue weighted by atomic mass is 32.2. The van der Waals surface area contributed by atoms with Crippen molar-refractivity contribution in [3.63, 3.8) is 0 Å². The first-order chi connectivity index (χ1) is 4.22. The van der Waals surface area contributed by atoms with E-state index in [1.54, 1.807) is 0 Å². The monoisotopic (exact) mass is 146 g/mol. The molecule has 0 aromatic heterocycles. The quantitative estimate of drug-likeness (QED) is 0.510. The van der Waals surface area contributed by atoms with Crippen LogP contribution in [-0.4, -0.2) is 28.6 Å². The van der Waals surface area contributed by atoms with E-state index in [4.69, 9.17) is 5.84 Å². The van der Waals surface area contributed by atoms with Crippen molar-refractivity contribution in [2.24, 2.45) is 5.84 Å². The summed E-state index contributed by atoms with van der Waals surface area (Å²) in [6.45, 7) is 5.45. The van der Waals surface area contributed by atoms with Crippen LogP contribution in [-0.2, 0) is 0 Å². The molecule has 0 aromatic carbocycles. The minimum absolute atomic E-state index is 0.545. The van der Waals surface area contributed by atoms with Crippen LogP contribution in [0.4, 0.5) is 0 Å². The predicted octanol–water partition coefficient (Wildman–Crippen LogP) is 0.686. The molecule has 0 amide bonds. The number of nitrogens with zero attached hydrogens (tertiary/aromatic N) is 1. The Balaban J connectivity index is 2.41. The summed E-state index contributed by atoms with van der Waals surface area (Å²) in [7, 11) is 0. The van der Waals surface area contributed by atoms with E-state index in [0.717, 1.165) is 6.54 Å². The fourth-order valence-electron chi connectivity index (χ4n) is 0.957. The van der Waals surface area contributed by atoms with Crippen molar-refractivity contribution in [1.29, 1.82) is 0 Å². The first-order valence-electron chi connectivity index (χ1n) is 3.35. The summed E-state index contributed by atoms with van der Waals surface area (Å²) in [5.74, 6) is 6.87. The Morgan fingerprint density at radius 3 is 2.67 bits per heavy atom. The molecular weight excluding hydrogens is 132 g/mol. The van der Waals surface area contributed by atoms with Gasteiger partial charge < -0.3 is 0 Å². The average molecular weight is 146 g/mol. The molecule has 0 aromatic rings. The minimum atomic E-state index is 0.545. The minimum Gasteiger partial charge on any atom is -0.268 e. The Labute approximate surface area is 60.8 Å². The van der Waals surface area contributed by atoms with Gasteiger partial charge in [-0.2, -0.15) is 11.8 Å². The van der Waals surface area contributed by atoms with Crippen LogP contribution < -0.4 is 5.84 Å². The molecule has 1 fully saturated rings. The number of hydrogen-bond acceptors (Lipinski definition) is 3. The lowest BCUT2D eigenvalue weighted by Crippen LogP contribution is -2.48. The second-order valence-corrected chi connectivity index (χ2v) is 4.04. The van der Waals surface area contributed by atoms with Crippen LogP contribution in [0.5, 0.6) is 0 Å². The SMILES string of the molecule is CC1SCCN(N)C1C. The highest BCUT2D eigenvalue weighted by Gasteiger charge is 2.21. The van der Waals surface area contributed by atoms with Crippen LogP contribution in [0.2, 0.25) is 0 Å². The second kappa shape index (κ2) is 2.90. The molecule has 1 rings (SSSR count). The molecule has 1 aliphatic heterocycles. The molecule has 9 heavy (non-hydrogen) atoms. The Morgan fingerprint density at radius 1 is 1.56 bits per heavy atom. The number of hydrazine groups is 1. The van der Waals surface area contributed by atoms with Crippen LogP contribution in [0.3, 0.4) is 0 Å². The molecule has 0 spiro atoms. The number of hydrogen-bond donors (Lipinski definition) is 1. The van der Waals surface area contributed by atoms with Gasteiger partial charge in [-0.25, -0.2) is 5.01 Å². The first kappa shape index (κ1) is 7.38. The topological polar surface area (TPSA) is 29.3 Å². The molecule has 54 valence electrons. The Bertz CT molecular complexity index is 87.1. The van der Waals surface area contributed by atoms with Gasteiger partial charge in [0.2, 0.25) is 0 Å². The van der Waals surface area contributed by atoms with Crippen molar-refractivity contribution in [3.05, 3.63) is 0 Å². The van der Waals surface area contributed by atoms with E-state index in [1.165, 1.54) is 5.75 Å². The van der Waals surface area contributed by atoms with Gasteiger partial charge in [-0.3, -0.25) is 5.84 Å². The smallest absolute Gasteiger partial charge is 0.0329 e. The van der Waals surface area contributed by atoms with Crippen molar-refractivity contribution in [2.45, 2.75) is 25.1 Å². The largest absolute Gasteiger partial charge is 0.268 e. The van der Waals surface area contributed by atoms with Gasteiger partial charge in [-0.05, 0) is 6.92 Å². The zero-order chi connectivity index (χ0) is 6.85. The highest BCUT2D eigenvalue weighted by molar-refractivity contribution is 8.00. The van der Waals surface area contributed by atoms with Gasteiger partial charge in [-0.1, -0.05) is 6.92 Å². The summed E-state index contributed by atoms with van der Waals surface area (Å²) >= 11 is 2.01. The molecule has 0 saturated carbocycles. The van der Waals surface area contributed by atoms with Crippen LogP contribution in [0.25, 0.3) is 0 Å². The van der Waals surface area contributed by atoms with E-state index < -0.39 is 0 Å². The Hall–Kier alpha value is 0.270. The summed E-state index contributed by atoms with van der Waals surface area (Å²) in [5.41, 5.74) is 0. The third kappa shape index (κ3) is 1.60. The summed E-state index contributed by atoms with van der Waals surface area (Å²) < 4.78 is 0. The lowest BCUT2D eigenvalue weighted by molar-refractivity contribution is 0.219. The van der Waals surface area contributed by atoms with Gasteiger partial charge in [0.15, 0.2) is 0 Å². The van der Waals surface area contributed by atoms with E-state index in [9.17, 15) is 0 Å². The van der Waals surface area contributed by atoms with Gasteiger partial charge in [0.05, 0.1) is 0 Å². The molecule has 0 radical (unpaired) electrons. The van der Waals surface area contributed by atoms with Crippen molar-refractivity contribution in [1.82, 2.24) is 5.01 Å². The van der Waals surface area contributed by atoms with Gasteiger partial charge in [0, 0.05) is 23.6 Å². The summed E-state index contributed by atoms with van der Waals surface area (Å²) in [4.78, 5) is 0. The van der Waals surface area contributed by atoms with E-state index >= 15 is 0 Å². The average Bonchev–Trinajstić information content (AvgIpc) is 1.83. The highest BCUT2D eigenvalue weighted by Crippen LogP contribution is 2.21. The molecule has 2 atom stereocenters. The van der Waals surface area contributed by atoms with Crippen molar-refractivity contribution >= 4 is 11.8 Å². The van der Waals surface area contributed by atoms with Gasteiger partial charge in [0.1, 0.15) is 0 Å². The van der Waals surface area contributed by atoms with Gasteiger partial charge in [0.25, 0.3) is 0 Å². The molecule has 3 heteroatoms. The summed E-state index contributed by atoms with van der Waals surface area (Å²) in [5, 5.41) is 2.63. The zero-order valence-corrected chi connectivity index (χ0v) is 6.82. The molecule has 2 unspecified atom stereocenters. The predicted molar refractivity (Wildman–Crippen MR) is 42.3 cm³/mol. The fraction of sp³-hybridized carbons (Fsp3) is 1.00. The first-order valence-corrected chi connectivity index (χ1v) is 4.39. The third-order valence-corrected chi connectivity index (χ3v) is 3.27. The standard InChI is InChI=1S/C6H14N2S/c1-5-6(2)9-4-3-8(5)7/h5-6H,3-4,7H2,1-2H3. The van der Waals surface area contributed by atoms with Gasteiger partial charge >= 0.3 is 0 Å². The number of rotatable bonds is 0. The number of nitrogens with two attached hydrogens (primary N) is 1. The van der Waals surface area contributed by atoms with Crippen LogP contribution in [0.1, 0.15) is 13.8 Å². The van der Waals surface area contributed by atoms with Crippen LogP contribution in [0.15, 0.2) is 0 Å². The number of thioether (sulfide) groups is 1. The molecule has 0 aliphatic carbocycles. The van der Waals surface area contributed by atoms with Crippen molar-refractivity contribution in [2.75, 3.05) is 12.3 Å². The molecule has 2 N–H and O–H groups in total. The second-order valence-electron chi connectivity index (χ2n) is 2.55. The molecule has 1 saturated heterocycles. The van der Waals surface area contributed by atoms with E-state index in [0.29, 0.717) is 11.3 Å². The van der Waals surface area contributed by atoms with Crippen molar-refractivity contribution in [3.8, 4) is 0 Å². The maximum atomic E-state index is 5.69. The molecule has 2 nitrogen and oxygen atoms in total. The summed E-state index contributed by atoms with van der Waals surface area (Å²) in [6.07, 6.45) is 0. The van der Waals surface area contributed by atoms with Crippen LogP contribution in [0, 0.1) is 0 Å². The molecule has 1 aliphatic rings. The normalized spacial score (nSPS) is 39.0. The zero-order valence-electron chi connectivity index (χ0n) is 6.00. The van der Waals surface area contributed by atoms with E-state index in [1.807, 2.05) is 16.8 Å². The van der Waals surface area contributed by atoms with Gasteiger partial charge in [-0.15, -0.1) is 0 Å². The maximum absolute atomic E-state index is 5.69. The molecular formula is C6H14N2S. The lowest BCUT2D eigenvalue weighted by atomic mass is 10.2. The fourth-order valence-corrected chi connectivity index (χ4v) is 2.08. The molecule has 0 bridgehead atoms. The van der Waals surface area contributed by atoms with Crippen LogP contribution >= 0.6 is 11.8 Å². The lowest BCUT2D eigenvalue weighted by Gasteiger charge is -2.33. The summed E-state index contributed by atoms with van der Waals surface area (Å²) in [6, 6.07) is 0.545. The molecule has 1 heterocycles. The third-order valence-electron chi connectivity index (χ3n) is 1.93. The maximum Gasteiger partial charge on any atom is 0.0329 e.